The molecule has 0 radical (unpaired) electrons. The number of nitriles is 1. The minimum absolute atomic E-state index is 0.00666. The SMILES string of the molecule is COc1ccc(-c2nnc(SCC(=O)C(C#N)=C(C)N)n2CC(C)C)cc1. The summed E-state index contributed by atoms with van der Waals surface area (Å²) in [6.07, 6.45) is 0. The molecule has 27 heavy (non-hydrogen) atoms. The average molecular weight is 385 g/mol. The summed E-state index contributed by atoms with van der Waals surface area (Å²) in [4.78, 5) is 12.2. The van der Waals surface area contributed by atoms with E-state index >= 15 is 0 Å². The van der Waals surface area contributed by atoms with Crippen molar-refractivity contribution < 1.29 is 9.53 Å². The first-order valence-corrected chi connectivity index (χ1v) is 9.46. The van der Waals surface area contributed by atoms with E-state index in [0.29, 0.717) is 17.6 Å². The first-order chi connectivity index (χ1) is 12.9. The molecule has 1 heterocycles. The highest BCUT2D eigenvalue weighted by Gasteiger charge is 2.18. The van der Waals surface area contributed by atoms with Gasteiger partial charge in [-0.05, 0) is 37.1 Å². The van der Waals surface area contributed by atoms with Crippen molar-refractivity contribution in [1.82, 2.24) is 14.8 Å². The van der Waals surface area contributed by atoms with Gasteiger partial charge in [0.05, 0.1) is 12.9 Å². The topological polar surface area (TPSA) is 107 Å². The van der Waals surface area contributed by atoms with Crippen LogP contribution in [0.2, 0.25) is 0 Å². The molecule has 0 spiro atoms. The second-order valence-corrected chi connectivity index (χ2v) is 7.36. The fourth-order valence-corrected chi connectivity index (χ4v) is 3.27. The lowest BCUT2D eigenvalue weighted by molar-refractivity contribution is -0.112. The van der Waals surface area contributed by atoms with Crippen molar-refractivity contribution in [1.29, 1.82) is 5.26 Å². The molecule has 0 unspecified atom stereocenters. The normalized spacial score (nSPS) is 11.9. The molecule has 0 aliphatic heterocycles. The van der Waals surface area contributed by atoms with Gasteiger partial charge in [0.2, 0.25) is 0 Å². The highest BCUT2D eigenvalue weighted by atomic mass is 32.2. The highest BCUT2D eigenvalue weighted by molar-refractivity contribution is 7.99. The Morgan fingerprint density at radius 1 is 1.33 bits per heavy atom. The number of carbonyl (C=O) groups excluding carboxylic acids is 1. The molecular weight excluding hydrogens is 362 g/mol. The van der Waals surface area contributed by atoms with Gasteiger partial charge in [-0.25, -0.2) is 0 Å². The lowest BCUT2D eigenvalue weighted by atomic mass is 10.2. The van der Waals surface area contributed by atoms with Crippen molar-refractivity contribution >= 4 is 17.5 Å². The third kappa shape index (κ3) is 5.11. The lowest BCUT2D eigenvalue weighted by Crippen LogP contribution is -2.12. The van der Waals surface area contributed by atoms with Gasteiger partial charge >= 0.3 is 0 Å². The number of hydrogen-bond donors (Lipinski definition) is 1. The van der Waals surface area contributed by atoms with E-state index in [2.05, 4.69) is 24.0 Å². The van der Waals surface area contributed by atoms with Crippen molar-refractivity contribution in [2.75, 3.05) is 12.9 Å². The first kappa shape index (κ1) is 20.5. The van der Waals surface area contributed by atoms with Gasteiger partial charge in [0.1, 0.15) is 17.4 Å². The molecule has 0 aliphatic carbocycles. The number of nitrogens with two attached hydrogens (primary N) is 1. The molecule has 0 fully saturated rings. The number of Topliss-reactive ketones (excluding diaryl/α,β-unsaturated/α-hetero) is 1. The smallest absolute Gasteiger partial charge is 0.191 e. The molecule has 0 amide bonds. The summed E-state index contributed by atoms with van der Waals surface area (Å²) in [5, 5.41) is 18.3. The fourth-order valence-electron chi connectivity index (χ4n) is 2.45. The highest BCUT2D eigenvalue weighted by Crippen LogP contribution is 2.27. The molecule has 2 N–H and O–H groups in total. The van der Waals surface area contributed by atoms with E-state index in [1.807, 2.05) is 34.9 Å². The van der Waals surface area contributed by atoms with Gasteiger partial charge in [-0.3, -0.25) is 4.79 Å². The molecule has 0 aliphatic rings. The van der Waals surface area contributed by atoms with Crippen LogP contribution in [-0.2, 0) is 11.3 Å². The molecule has 2 aromatic rings. The van der Waals surface area contributed by atoms with E-state index in [1.165, 1.54) is 11.8 Å². The minimum atomic E-state index is -0.312. The minimum Gasteiger partial charge on any atom is -0.497 e. The van der Waals surface area contributed by atoms with E-state index in [0.717, 1.165) is 17.1 Å². The maximum absolute atomic E-state index is 12.2. The second kappa shape index (κ2) is 9.24. The number of carbonyl (C=O) groups is 1. The first-order valence-electron chi connectivity index (χ1n) is 8.47. The molecule has 2 rings (SSSR count). The third-order valence-corrected chi connectivity index (χ3v) is 4.70. The Balaban J connectivity index is 2.29. The Morgan fingerprint density at radius 3 is 2.52 bits per heavy atom. The maximum Gasteiger partial charge on any atom is 0.191 e. The van der Waals surface area contributed by atoms with Gasteiger partial charge in [-0.2, -0.15) is 5.26 Å². The summed E-state index contributed by atoms with van der Waals surface area (Å²) < 4.78 is 7.19. The van der Waals surface area contributed by atoms with Crippen LogP contribution in [0.3, 0.4) is 0 Å². The number of hydrogen-bond acceptors (Lipinski definition) is 7. The standard InChI is InChI=1S/C19H23N5O2S/c1-12(2)10-24-18(14-5-7-15(26-4)8-6-14)22-23-19(24)27-11-17(25)16(9-20)13(3)21/h5-8,12H,10-11,21H2,1-4H3. The summed E-state index contributed by atoms with van der Waals surface area (Å²) in [6, 6.07) is 9.45. The summed E-state index contributed by atoms with van der Waals surface area (Å²) in [5.41, 5.74) is 6.74. The predicted octanol–water partition coefficient (Wildman–Crippen LogP) is 3.03. The Kier molecular flexibility index (Phi) is 7.02. The average Bonchev–Trinajstić information content (AvgIpc) is 3.02. The number of nitrogens with zero attached hydrogens (tertiary/aromatic N) is 4. The van der Waals surface area contributed by atoms with E-state index in [4.69, 9.17) is 15.7 Å². The Labute approximate surface area is 163 Å². The Hall–Kier alpha value is -2.79. The number of thioether (sulfide) groups is 1. The quantitative estimate of drug-likeness (QED) is 0.423. The van der Waals surface area contributed by atoms with Crippen molar-refractivity contribution in [3.8, 4) is 23.2 Å². The van der Waals surface area contributed by atoms with Crippen LogP contribution in [0.5, 0.6) is 5.75 Å². The monoisotopic (exact) mass is 385 g/mol. The Bertz CT molecular complexity index is 874. The summed E-state index contributed by atoms with van der Waals surface area (Å²) in [5.74, 6) is 1.63. The largest absolute Gasteiger partial charge is 0.497 e. The van der Waals surface area contributed by atoms with Gasteiger partial charge in [-0.1, -0.05) is 25.6 Å². The lowest BCUT2D eigenvalue weighted by Gasteiger charge is -2.12. The maximum atomic E-state index is 12.2. The zero-order chi connectivity index (χ0) is 20.0. The van der Waals surface area contributed by atoms with Crippen molar-refractivity contribution in [2.24, 2.45) is 11.7 Å². The number of methoxy groups -OCH3 is 1. The van der Waals surface area contributed by atoms with Gasteiger partial charge in [-0.15, -0.1) is 10.2 Å². The van der Waals surface area contributed by atoms with E-state index in [1.54, 1.807) is 14.0 Å². The van der Waals surface area contributed by atoms with E-state index in [9.17, 15) is 4.79 Å². The van der Waals surface area contributed by atoms with Crippen LogP contribution in [0.4, 0.5) is 0 Å². The van der Waals surface area contributed by atoms with Crippen LogP contribution in [0, 0.1) is 17.2 Å². The number of benzene rings is 1. The summed E-state index contributed by atoms with van der Waals surface area (Å²) in [6.45, 7) is 6.46. The molecule has 0 atom stereocenters. The van der Waals surface area contributed by atoms with Crippen LogP contribution in [-0.4, -0.2) is 33.4 Å². The molecule has 0 saturated carbocycles. The van der Waals surface area contributed by atoms with E-state index < -0.39 is 0 Å². The third-order valence-electron chi connectivity index (χ3n) is 3.73. The molecule has 8 heteroatoms. The van der Waals surface area contributed by atoms with Crippen LogP contribution >= 0.6 is 11.8 Å². The molecule has 1 aromatic heterocycles. The van der Waals surface area contributed by atoms with Crippen molar-refractivity contribution in [2.45, 2.75) is 32.5 Å². The summed E-state index contributed by atoms with van der Waals surface area (Å²) in [7, 11) is 1.62. The van der Waals surface area contributed by atoms with Crippen LogP contribution in [0.15, 0.2) is 40.7 Å². The van der Waals surface area contributed by atoms with Crippen LogP contribution in [0.1, 0.15) is 20.8 Å². The van der Waals surface area contributed by atoms with Crippen molar-refractivity contribution in [3.63, 3.8) is 0 Å². The predicted molar refractivity (Wildman–Crippen MR) is 105 cm³/mol. The number of allylic oxidation sites excluding steroid dienone is 2. The molecule has 0 saturated heterocycles. The summed E-state index contributed by atoms with van der Waals surface area (Å²) >= 11 is 1.26. The molecule has 7 nitrogen and oxygen atoms in total. The molecular formula is C19H23N5O2S. The number of ether oxygens (including phenoxy) is 1. The van der Waals surface area contributed by atoms with Gasteiger partial charge in [0.25, 0.3) is 0 Å². The number of rotatable bonds is 8. The molecule has 1 aromatic carbocycles. The van der Waals surface area contributed by atoms with Gasteiger partial charge < -0.3 is 15.0 Å². The second-order valence-electron chi connectivity index (χ2n) is 6.42. The van der Waals surface area contributed by atoms with Gasteiger partial charge in [0.15, 0.2) is 16.8 Å². The van der Waals surface area contributed by atoms with E-state index in [-0.39, 0.29) is 22.8 Å². The number of aromatic nitrogens is 3. The molecule has 0 bridgehead atoms. The Morgan fingerprint density at radius 2 is 2.00 bits per heavy atom. The van der Waals surface area contributed by atoms with Gasteiger partial charge in [0, 0.05) is 17.8 Å². The zero-order valence-corrected chi connectivity index (χ0v) is 16.7. The fraction of sp³-hybridized carbons (Fsp3) is 0.368. The van der Waals surface area contributed by atoms with Crippen molar-refractivity contribution in [3.05, 3.63) is 35.5 Å². The number of ketones is 1. The molecule has 142 valence electrons. The zero-order valence-electron chi connectivity index (χ0n) is 15.9. The van der Waals surface area contributed by atoms with Crippen LogP contribution < -0.4 is 10.5 Å². The van der Waals surface area contributed by atoms with Crippen LogP contribution in [0.25, 0.3) is 11.4 Å².